The highest BCUT2D eigenvalue weighted by atomic mass is 32.1. The summed E-state index contributed by atoms with van der Waals surface area (Å²) in [4.78, 5) is 17.8. The zero-order valence-corrected chi connectivity index (χ0v) is 17.7. The number of hydrogen-bond donors (Lipinski definition) is 2. The minimum atomic E-state index is -0.299. The van der Waals surface area contributed by atoms with E-state index in [0.717, 1.165) is 16.8 Å². The van der Waals surface area contributed by atoms with E-state index >= 15 is 0 Å². The average molecular weight is 437 g/mol. The highest BCUT2D eigenvalue weighted by molar-refractivity contribution is 7.17. The zero-order valence-electron chi connectivity index (χ0n) is 16.9. The lowest BCUT2D eigenvalue weighted by atomic mass is 10.2. The van der Waals surface area contributed by atoms with Gasteiger partial charge in [0.2, 0.25) is 0 Å². The van der Waals surface area contributed by atoms with Crippen molar-refractivity contribution in [3.8, 4) is 16.5 Å². The third-order valence-corrected chi connectivity index (χ3v) is 5.86. The molecule has 4 rings (SSSR count). The van der Waals surface area contributed by atoms with Crippen molar-refractivity contribution in [2.75, 3.05) is 6.61 Å². The van der Waals surface area contributed by atoms with E-state index in [2.05, 4.69) is 20.5 Å². The highest BCUT2D eigenvalue weighted by Gasteiger charge is 2.19. The van der Waals surface area contributed by atoms with Gasteiger partial charge in [-0.15, -0.1) is 11.3 Å². The second-order valence-electron chi connectivity index (χ2n) is 6.92. The number of nitrogens with one attached hydrogen (secondary N) is 2. The average Bonchev–Trinajstić information content (AvgIpc) is 3.40. The molecule has 1 amide bonds. The number of rotatable bonds is 8. The maximum atomic E-state index is 13.0. The van der Waals surface area contributed by atoms with Crippen LogP contribution in [0.25, 0.3) is 10.7 Å². The molecule has 2 heterocycles. The summed E-state index contributed by atoms with van der Waals surface area (Å²) in [5, 5.41) is 10.8. The maximum absolute atomic E-state index is 13.0. The Balaban J connectivity index is 1.40. The molecule has 2 aromatic heterocycles. The van der Waals surface area contributed by atoms with E-state index in [4.69, 9.17) is 4.74 Å². The molecule has 0 atom stereocenters. The van der Waals surface area contributed by atoms with E-state index in [1.54, 1.807) is 18.3 Å². The molecule has 0 aliphatic carbocycles. The van der Waals surface area contributed by atoms with Crippen LogP contribution in [0, 0.1) is 12.7 Å². The summed E-state index contributed by atoms with van der Waals surface area (Å²) in [7, 11) is 0. The first-order chi connectivity index (χ1) is 15.1. The zero-order chi connectivity index (χ0) is 21.6. The Labute approximate surface area is 183 Å². The van der Waals surface area contributed by atoms with Crippen LogP contribution in [0.1, 0.15) is 26.5 Å². The lowest BCUT2D eigenvalue weighted by Crippen LogP contribution is -2.22. The van der Waals surface area contributed by atoms with Crippen LogP contribution in [0.2, 0.25) is 0 Å². The van der Waals surface area contributed by atoms with E-state index in [9.17, 15) is 9.18 Å². The van der Waals surface area contributed by atoms with Gasteiger partial charge < -0.3 is 10.1 Å². The number of halogens is 1. The number of aromatic nitrogens is 3. The molecule has 158 valence electrons. The van der Waals surface area contributed by atoms with Crippen LogP contribution in [0.5, 0.6) is 5.75 Å². The molecule has 0 aliphatic heterocycles. The molecule has 0 aliphatic rings. The Morgan fingerprint density at radius 1 is 1.16 bits per heavy atom. The molecule has 0 spiro atoms. The molecule has 4 aromatic rings. The van der Waals surface area contributed by atoms with Gasteiger partial charge in [0.25, 0.3) is 5.91 Å². The number of H-pyrrole nitrogens is 1. The predicted octanol–water partition coefficient (Wildman–Crippen LogP) is 4.53. The summed E-state index contributed by atoms with van der Waals surface area (Å²) in [6.45, 7) is 2.69. The fourth-order valence-corrected chi connectivity index (χ4v) is 4.08. The molecule has 8 heteroatoms. The molecule has 6 nitrogen and oxygen atoms in total. The second kappa shape index (κ2) is 9.53. The van der Waals surface area contributed by atoms with E-state index < -0.39 is 0 Å². The van der Waals surface area contributed by atoms with Gasteiger partial charge in [0, 0.05) is 18.5 Å². The van der Waals surface area contributed by atoms with E-state index in [1.165, 1.54) is 23.5 Å². The van der Waals surface area contributed by atoms with Crippen LogP contribution in [-0.2, 0) is 13.0 Å². The number of ether oxygens (including phenoxy) is 1. The number of thiazole rings is 1. The molecule has 0 saturated carbocycles. The van der Waals surface area contributed by atoms with Gasteiger partial charge in [-0.05, 0) is 36.8 Å². The quantitative estimate of drug-likeness (QED) is 0.425. The summed E-state index contributed by atoms with van der Waals surface area (Å²) in [6.07, 6.45) is 2.33. The third-order valence-electron chi connectivity index (χ3n) is 4.68. The first-order valence-corrected chi connectivity index (χ1v) is 10.6. The largest absolute Gasteiger partial charge is 0.493 e. The molecule has 0 unspecified atom stereocenters. The second-order valence-corrected chi connectivity index (χ2v) is 7.92. The Bertz CT molecular complexity index is 1160. The van der Waals surface area contributed by atoms with Crippen molar-refractivity contribution in [3.63, 3.8) is 0 Å². The summed E-state index contributed by atoms with van der Waals surface area (Å²) in [6, 6.07) is 15.7. The number of aryl methyl sites for hydroxylation is 1. The van der Waals surface area contributed by atoms with Crippen molar-refractivity contribution in [2.24, 2.45) is 0 Å². The number of carbonyl (C=O) groups excluding carboxylic acids is 1. The number of amides is 1. The monoisotopic (exact) mass is 436 g/mol. The van der Waals surface area contributed by atoms with Crippen LogP contribution in [0.15, 0.2) is 60.8 Å². The normalized spacial score (nSPS) is 10.8. The van der Waals surface area contributed by atoms with Crippen LogP contribution in [0.3, 0.4) is 0 Å². The summed E-state index contributed by atoms with van der Waals surface area (Å²) < 4.78 is 18.7. The SMILES string of the molecule is Cc1nc(-c2[nH]ncc2CCOc2ccc(F)cc2)sc1C(=O)NCc1ccccc1. The van der Waals surface area contributed by atoms with Crippen molar-refractivity contribution in [2.45, 2.75) is 19.9 Å². The highest BCUT2D eigenvalue weighted by Crippen LogP contribution is 2.29. The minimum absolute atomic E-state index is 0.147. The molecule has 31 heavy (non-hydrogen) atoms. The summed E-state index contributed by atoms with van der Waals surface area (Å²) in [5.74, 6) is 0.159. The Hall–Kier alpha value is -3.52. The number of hydrogen-bond acceptors (Lipinski definition) is 5. The van der Waals surface area contributed by atoms with Gasteiger partial charge in [0.1, 0.15) is 21.5 Å². The van der Waals surface area contributed by atoms with Crippen molar-refractivity contribution >= 4 is 17.2 Å². The summed E-state index contributed by atoms with van der Waals surface area (Å²) in [5.41, 5.74) is 3.42. The maximum Gasteiger partial charge on any atom is 0.263 e. The molecular formula is C23H21FN4O2S. The molecule has 2 aromatic carbocycles. The fraction of sp³-hybridized carbons (Fsp3) is 0.174. The first kappa shape index (κ1) is 20.7. The van der Waals surface area contributed by atoms with Crippen molar-refractivity contribution in [3.05, 3.63) is 88.3 Å². The molecule has 0 saturated heterocycles. The van der Waals surface area contributed by atoms with Gasteiger partial charge in [0.15, 0.2) is 0 Å². The van der Waals surface area contributed by atoms with Crippen LogP contribution >= 0.6 is 11.3 Å². The standard InChI is InChI=1S/C23H21FN4O2S/c1-15-21(22(29)25-13-16-5-3-2-4-6-16)31-23(27-15)20-17(14-26-28-20)11-12-30-19-9-7-18(24)8-10-19/h2-10,14H,11-13H2,1H3,(H,25,29)(H,26,28). The molecule has 0 bridgehead atoms. The Morgan fingerprint density at radius 3 is 2.71 bits per heavy atom. The van der Waals surface area contributed by atoms with Gasteiger partial charge in [-0.3, -0.25) is 9.89 Å². The lowest BCUT2D eigenvalue weighted by molar-refractivity contribution is 0.0954. The minimum Gasteiger partial charge on any atom is -0.493 e. The van der Waals surface area contributed by atoms with E-state index in [-0.39, 0.29) is 11.7 Å². The number of benzene rings is 2. The predicted molar refractivity (Wildman–Crippen MR) is 118 cm³/mol. The molecular weight excluding hydrogens is 415 g/mol. The van der Waals surface area contributed by atoms with Crippen molar-refractivity contribution < 1.29 is 13.9 Å². The topological polar surface area (TPSA) is 79.9 Å². The molecule has 2 N–H and O–H groups in total. The van der Waals surface area contributed by atoms with Crippen LogP contribution in [0.4, 0.5) is 4.39 Å². The third kappa shape index (κ3) is 5.16. The Kier molecular flexibility index (Phi) is 6.37. The lowest BCUT2D eigenvalue weighted by Gasteiger charge is -2.05. The van der Waals surface area contributed by atoms with Gasteiger partial charge in [-0.1, -0.05) is 30.3 Å². The first-order valence-electron chi connectivity index (χ1n) is 9.80. The van der Waals surface area contributed by atoms with Crippen LogP contribution in [-0.4, -0.2) is 27.7 Å². The van der Waals surface area contributed by atoms with Gasteiger partial charge in [0.05, 0.1) is 24.2 Å². The Morgan fingerprint density at radius 2 is 1.94 bits per heavy atom. The van der Waals surface area contributed by atoms with Gasteiger partial charge >= 0.3 is 0 Å². The number of aromatic amines is 1. The van der Waals surface area contributed by atoms with Gasteiger partial charge in [-0.2, -0.15) is 5.10 Å². The van der Waals surface area contributed by atoms with Crippen molar-refractivity contribution in [1.82, 2.24) is 20.5 Å². The number of carbonyl (C=O) groups is 1. The number of nitrogens with zero attached hydrogens (tertiary/aromatic N) is 2. The van der Waals surface area contributed by atoms with E-state index in [1.807, 2.05) is 37.3 Å². The smallest absolute Gasteiger partial charge is 0.263 e. The van der Waals surface area contributed by atoms with Crippen molar-refractivity contribution in [1.29, 1.82) is 0 Å². The fourth-order valence-electron chi connectivity index (χ4n) is 3.07. The van der Waals surface area contributed by atoms with Gasteiger partial charge in [-0.25, -0.2) is 9.37 Å². The van der Waals surface area contributed by atoms with E-state index in [0.29, 0.717) is 40.9 Å². The van der Waals surface area contributed by atoms with Crippen LogP contribution < -0.4 is 10.1 Å². The summed E-state index contributed by atoms with van der Waals surface area (Å²) >= 11 is 1.33. The molecule has 0 fully saturated rings. The molecule has 0 radical (unpaired) electrons.